The van der Waals surface area contributed by atoms with Crippen LogP contribution in [-0.4, -0.2) is 48.8 Å². The highest BCUT2D eigenvalue weighted by Crippen LogP contribution is 2.31. The van der Waals surface area contributed by atoms with Crippen molar-refractivity contribution in [2.24, 2.45) is 0 Å². The first-order chi connectivity index (χ1) is 14.1. The van der Waals surface area contributed by atoms with Crippen LogP contribution in [0.3, 0.4) is 0 Å². The molecule has 152 valence electrons. The van der Waals surface area contributed by atoms with Crippen molar-refractivity contribution in [1.82, 2.24) is 10.2 Å². The van der Waals surface area contributed by atoms with E-state index in [0.717, 1.165) is 5.56 Å². The van der Waals surface area contributed by atoms with Crippen molar-refractivity contribution >= 4 is 11.8 Å². The van der Waals surface area contributed by atoms with Gasteiger partial charge in [0.05, 0.1) is 19.3 Å². The van der Waals surface area contributed by atoms with Gasteiger partial charge < -0.3 is 19.7 Å². The maximum Gasteiger partial charge on any atom is 0.253 e. The van der Waals surface area contributed by atoms with Crippen LogP contribution in [0.2, 0.25) is 0 Å². The summed E-state index contributed by atoms with van der Waals surface area (Å²) >= 11 is 0. The Morgan fingerprint density at radius 1 is 0.966 bits per heavy atom. The Hall–Kier alpha value is -2.70. The van der Waals surface area contributed by atoms with Crippen LogP contribution in [0.1, 0.15) is 52.1 Å². The molecule has 2 aromatic carbocycles. The number of nitrogens with zero attached hydrogens (tertiary/aromatic N) is 1. The van der Waals surface area contributed by atoms with Crippen molar-refractivity contribution < 1.29 is 19.1 Å². The number of amides is 2. The summed E-state index contributed by atoms with van der Waals surface area (Å²) in [5.41, 5.74) is 2.04. The summed E-state index contributed by atoms with van der Waals surface area (Å²) in [5.74, 6) is -0.767. The number of nitrogens with one attached hydrogen (secondary N) is 1. The van der Waals surface area contributed by atoms with E-state index in [0.29, 0.717) is 50.3 Å². The van der Waals surface area contributed by atoms with Crippen molar-refractivity contribution in [1.29, 1.82) is 0 Å². The third-order valence-electron chi connectivity index (χ3n) is 5.64. The molecule has 2 aliphatic heterocycles. The van der Waals surface area contributed by atoms with E-state index in [1.807, 2.05) is 37.3 Å². The number of carbonyl (C=O) groups excluding carboxylic acids is 2. The molecule has 1 spiro atoms. The highest BCUT2D eigenvalue weighted by Gasteiger charge is 2.40. The summed E-state index contributed by atoms with van der Waals surface area (Å²) in [6.07, 6.45) is 1.35. The normalized spacial score (nSPS) is 19.1. The van der Waals surface area contributed by atoms with E-state index in [1.54, 1.807) is 29.2 Å². The Balaban J connectivity index is 1.40. The maximum atomic E-state index is 12.9. The van der Waals surface area contributed by atoms with Crippen LogP contribution in [0, 0.1) is 0 Å². The molecule has 6 heteroatoms. The minimum Gasteiger partial charge on any atom is -0.347 e. The molecule has 2 aliphatic rings. The minimum absolute atomic E-state index is 0.0661. The Bertz CT molecular complexity index is 867. The van der Waals surface area contributed by atoms with Gasteiger partial charge in [-0.1, -0.05) is 36.4 Å². The molecule has 2 saturated heterocycles. The number of carbonyl (C=O) groups is 2. The van der Waals surface area contributed by atoms with Gasteiger partial charge in [-0.05, 0) is 30.7 Å². The van der Waals surface area contributed by atoms with Crippen molar-refractivity contribution in [2.75, 3.05) is 26.3 Å². The van der Waals surface area contributed by atoms with E-state index >= 15 is 0 Å². The van der Waals surface area contributed by atoms with Gasteiger partial charge in [0, 0.05) is 37.1 Å². The lowest BCUT2D eigenvalue weighted by Gasteiger charge is -2.37. The molecule has 2 aromatic rings. The van der Waals surface area contributed by atoms with E-state index in [1.165, 1.54) is 0 Å². The zero-order valence-corrected chi connectivity index (χ0v) is 16.6. The number of benzene rings is 2. The number of rotatable bonds is 4. The second-order valence-corrected chi connectivity index (χ2v) is 7.59. The monoisotopic (exact) mass is 394 g/mol. The smallest absolute Gasteiger partial charge is 0.253 e. The second-order valence-electron chi connectivity index (χ2n) is 7.59. The van der Waals surface area contributed by atoms with E-state index in [-0.39, 0.29) is 17.9 Å². The van der Waals surface area contributed by atoms with Gasteiger partial charge in [0.15, 0.2) is 5.79 Å². The second kappa shape index (κ2) is 8.35. The standard InChI is InChI=1S/C23H26N2O4/c1-17(18-6-3-2-4-7-18)24-21(26)19-8-5-9-20(16-19)22(27)25-12-10-23(11-13-25)28-14-15-29-23/h2-9,16-17H,10-15H2,1H3,(H,24,26). The van der Waals surface area contributed by atoms with E-state index in [2.05, 4.69) is 5.32 Å². The summed E-state index contributed by atoms with van der Waals surface area (Å²) in [5, 5.41) is 2.99. The molecule has 0 aromatic heterocycles. The topological polar surface area (TPSA) is 67.9 Å². The molecule has 2 fully saturated rings. The van der Waals surface area contributed by atoms with Gasteiger partial charge in [0.25, 0.3) is 11.8 Å². The van der Waals surface area contributed by atoms with Crippen LogP contribution in [0.4, 0.5) is 0 Å². The van der Waals surface area contributed by atoms with Crippen molar-refractivity contribution in [2.45, 2.75) is 31.6 Å². The van der Waals surface area contributed by atoms with Crippen LogP contribution >= 0.6 is 0 Å². The number of hydrogen-bond donors (Lipinski definition) is 1. The fraction of sp³-hybridized carbons (Fsp3) is 0.391. The van der Waals surface area contributed by atoms with Crippen LogP contribution in [0.5, 0.6) is 0 Å². The van der Waals surface area contributed by atoms with Crippen molar-refractivity contribution in [3.63, 3.8) is 0 Å². The van der Waals surface area contributed by atoms with E-state index in [9.17, 15) is 9.59 Å². The molecule has 2 amide bonds. The lowest BCUT2D eigenvalue weighted by atomic mass is 10.0. The molecule has 6 nitrogen and oxygen atoms in total. The molecule has 29 heavy (non-hydrogen) atoms. The van der Waals surface area contributed by atoms with Gasteiger partial charge in [-0.3, -0.25) is 9.59 Å². The molecule has 1 N–H and O–H groups in total. The highest BCUT2D eigenvalue weighted by molar-refractivity contribution is 5.99. The van der Waals surface area contributed by atoms with Crippen LogP contribution in [0.25, 0.3) is 0 Å². The number of hydrogen-bond acceptors (Lipinski definition) is 4. The zero-order chi connectivity index (χ0) is 20.3. The van der Waals surface area contributed by atoms with Gasteiger partial charge in [-0.15, -0.1) is 0 Å². The molecule has 0 radical (unpaired) electrons. The van der Waals surface area contributed by atoms with Crippen molar-refractivity contribution in [3.8, 4) is 0 Å². The zero-order valence-electron chi connectivity index (χ0n) is 16.6. The minimum atomic E-state index is -0.508. The molecule has 2 heterocycles. The third kappa shape index (κ3) is 4.33. The van der Waals surface area contributed by atoms with E-state index < -0.39 is 5.79 Å². The third-order valence-corrected chi connectivity index (χ3v) is 5.64. The predicted molar refractivity (Wildman–Crippen MR) is 109 cm³/mol. The summed E-state index contributed by atoms with van der Waals surface area (Å²) in [4.78, 5) is 27.4. The largest absolute Gasteiger partial charge is 0.347 e. The molecular formula is C23H26N2O4. The first-order valence-electron chi connectivity index (χ1n) is 10.1. The van der Waals surface area contributed by atoms with Crippen LogP contribution < -0.4 is 5.32 Å². The maximum absolute atomic E-state index is 12.9. The van der Waals surface area contributed by atoms with Gasteiger partial charge in [0.1, 0.15) is 0 Å². The molecule has 1 atom stereocenters. The van der Waals surface area contributed by atoms with Gasteiger partial charge in [-0.25, -0.2) is 0 Å². The number of piperidine rings is 1. The lowest BCUT2D eigenvalue weighted by molar-refractivity contribution is -0.181. The highest BCUT2D eigenvalue weighted by atomic mass is 16.7. The Morgan fingerprint density at radius 3 is 2.31 bits per heavy atom. The summed E-state index contributed by atoms with van der Waals surface area (Å²) < 4.78 is 11.5. The quantitative estimate of drug-likeness (QED) is 0.865. The summed E-state index contributed by atoms with van der Waals surface area (Å²) in [6.45, 7) is 4.35. The molecular weight excluding hydrogens is 368 g/mol. The van der Waals surface area contributed by atoms with Gasteiger partial charge >= 0.3 is 0 Å². The number of ether oxygens (including phenoxy) is 2. The Labute approximate surface area is 170 Å². The molecule has 0 aliphatic carbocycles. The molecule has 0 saturated carbocycles. The van der Waals surface area contributed by atoms with Gasteiger partial charge in [-0.2, -0.15) is 0 Å². The fourth-order valence-corrected chi connectivity index (χ4v) is 3.92. The Morgan fingerprint density at radius 2 is 1.62 bits per heavy atom. The average molecular weight is 394 g/mol. The Kier molecular flexibility index (Phi) is 5.65. The van der Waals surface area contributed by atoms with Crippen LogP contribution in [-0.2, 0) is 9.47 Å². The van der Waals surface area contributed by atoms with Crippen molar-refractivity contribution in [3.05, 3.63) is 71.3 Å². The molecule has 1 unspecified atom stereocenters. The summed E-state index contributed by atoms with van der Waals surface area (Å²) in [6, 6.07) is 16.6. The number of likely N-dealkylation sites (tertiary alicyclic amines) is 1. The van der Waals surface area contributed by atoms with Gasteiger partial charge in [0.2, 0.25) is 0 Å². The fourth-order valence-electron chi connectivity index (χ4n) is 3.92. The lowest BCUT2D eigenvalue weighted by Crippen LogP contribution is -2.47. The molecule has 4 rings (SSSR count). The average Bonchev–Trinajstić information content (AvgIpc) is 3.22. The first kappa shape index (κ1) is 19.6. The van der Waals surface area contributed by atoms with Crippen LogP contribution in [0.15, 0.2) is 54.6 Å². The first-order valence-corrected chi connectivity index (χ1v) is 10.1. The van der Waals surface area contributed by atoms with E-state index in [4.69, 9.17) is 9.47 Å². The summed E-state index contributed by atoms with van der Waals surface area (Å²) in [7, 11) is 0. The predicted octanol–water partition coefficient (Wildman–Crippen LogP) is 3.16. The molecule has 0 bridgehead atoms. The SMILES string of the molecule is CC(NC(=O)c1cccc(C(=O)N2CCC3(CC2)OCCO3)c1)c1ccccc1.